The average molecular weight is 324 g/mol. The first-order chi connectivity index (χ1) is 9.58. The Morgan fingerprint density at radius 2 is 1.76 bits per heavy atom. The molecule has 118 valence electrons. The molecule has 2 N–H and O–H groups in total. The summed E-state index contributed by atoms with van der Waals surface area (Å²) in [7, 11) is -3.28. The number of carbonyl (C=O) groups is 1. The van der Waals surface area contributed by atoms with Crippen LogP contribution in [-0.2, 0) is 21.2 Å². The van der Waals surface area contributed by atoms with Crippen molar-refractivity contribution in [1.29, 1.82) is 0 Å². The van der Waals surface area contributed by atoms with Gasteiger partial charge in [-0.1, -0.05) is 12.1 Å². The summed E-state index contributed by atoms with van der Waals surface area (Å²) in [5.74, 6) is -0.577. The van der Waals surface area contributed by atoms with Crippen molar-refractivity contribution in [3.63, 3.8) is 0 Å². The highest BCUT2D eigenvalue weighted by atomic mass is 32.2. The molecule has 1 aromatic rings. The molecule has 0 aromatic heterocycles. The zero-order valence-electron chi connectivity index (χ0n) is 11.2. The molecule has 0 unspecified atom stereocenters. The summed E-state index contributed by atoms with van der Waals surface area (Å²) < 4.78 is 58.0. The van der Waals surface area contributed by atoms with Crippen LogP contribution >= 0.6 is 0 Å². The number of nitrogens with one attached hydrogen (secondary N) is 2. The van der Waals surface area contributed by atoms with Gasteiger partial charge in [-0.15, -0.1) is 0 Å². The van der Waals surface area contributed by atoms with Gasteiger partial charge in [0.2, 0.25) is 5.91 Å². The average Bonchev–Trinajstić information content (AvgIpc) is 2.34. The third-order valence-corrected chi connectivity index (χ3v) is 3.58. The zero-order valence-corrected chi connectivity index (χ0v) is 12.0. The number of benzene rings is 1. The molecule has 0 bridgehead atoms. The topological polar surface area (TPSA) is 75.3 Å². The molecule has 0 radical (unpaired) electrons. The molecule has 0 spiro atoms. The number of rotatable bonds is 6. The van der Waals surface area contributed by atoms with Crippen LogP contribution in [-0.4, -0.2) is 39.8 Å². The van der Waals surface area contributed by atoms with E-state index in [1.54, 1.807) is 0 Å². The Labute approximate surface area is 120 Å². The van der Waals surface area contributed by atoms with E-state index in [4.69, 9.17) is 0 Å². The summed E-state index contributed by atoms with van der Waals surface area (Å²) in [4.78, 5) is 11.4. The second-order valence-electron chi connectivity index (χ2n) is 4.41. The standard InChI is InChI=1S/C12H15F3N2O3S/c1-21(19,20)10-4-2-9(3-5-10)6-17-11(18)7-16-8-12(13,14)15/h2-5,16H,6-8H2,1H3,(H,17,18). The number of hydrogen-bond donors (Lipinski definition) is 2. The molecule has 1 rings (SSSR count). The molecule has 21 heavy (non-hydrogen) atoms. The highest BCUT2D eigenvalue weighted by molar-refractivity contribution is 7.90. The third kappa shape index (κ3) is 7.09. The number of alkyl halides is 3. The van der Waals surface area contributed by atoms with Crippen LogP contribution in [0.2, 0.25) is 0 Å². The number of sulfone groups is 1. The Kier molecular flexibility index (Phi) is 5.73. The van der Waals surface area contributed by atoms with E-state index < -0.39 is 35.0 Å². The maximum Gasteiger partial charge on any atom is 0.401 e. The van der Waals surface area contributed by atoms with Crippen molar-refractivity contribution in [3.05, 3.63) is 29.8 Å². The first-order valence-corrected chi connectivity index (χ1v) is 7.80. The lowest BCUT2D eigenvalue weighted by atomic mass is 10.2. The van der Waals surface area contributed by atoms with Crippen LogP contribution in [0, 0.1) is 0 Å². The predicted molar refractivity (Wildman–Crippen MR) is 70.3 cm³/mol. The molecule has 0 saturated carbocycles. The maximum atomic E-state index is 11.8. The van der Waals surface area contributed by atoms with Crippen molar-refractivity contribution >= 4 is 15.7 Å². The Morgan fingerprint density at radius 1 is 1.19 bits per heavy atom. The van der Waals surface area contributed by atoms with Crippen molar-refractivity contribution in [1.82, 2.24) is 10.6 Å². The lowest BCUT2D eigenvalue weighted by Crippen LogP contribution is -2.37. The third-order valence-electron chi connectivity index (χ3n) is 2.45. The van der Waals surface area contributed by atoms with Crippen molar-refractivity contribution in [2.45, 2.75) is 17.6 Å². The molecule has 0 saturated heterocycles. The summed E-state index contributed by atoms with van der Waals surface area (Å²) in [6.07, 6.45) is -3.28. The van der Waals surface area contributed by atoms with E-state index in [2.05, 4.69) is 5.32 Å². The van der Waals surface area contributed by atoms with E-state index in [-0.39, 0.29) is 11.4 Å². The summed E-state index contributed by atoms with van der Waals surface area (Å²) in [6.45, 7) is -1.57. The van der Waals surface area contributed by atoms with Crippen LogP contribution in [0.1, 0.15) is 5.56 Å². The number of carbonyl (C=O) groups excluding carboxylic acids is 1. The van der Waals surface area contributed by atoms with Gasteiger partial charge >= 0.3 is 6.18 Å². The molecular weight excluding hydrogens is 309 g/mol. The minimum atomic E-state index is -4.36. The van der Waals surface area contributed by atoms with Gasteiger partial charge in [0.15, 0.2) is 9.84 Å². The van der Waals surface area contributed by atoms with Gasteiger partial charge in [0, 0.05) is 12.8 Å². The quantitative estimate of drug-likeness (QED) is 0.814. The molecule has 9 heteroatoms. The van der Waals surface area contributed by atoms with Gasteiger partial charge in [-0.25, -0.2) is 8.42 Å². The summed E-state index contributed by atoms with van der Waals surface area (Å²) in [6, 6.07) is 5.86. The van der Waals surface area contributed by atoms with Gasteiger partial charge < -0.3 is 10.6 Å². The van der Waals surface area contributed by atoms with Gasteiger partial charge in [-0.05, 0) is 17.7 Å². The van der Waals surface area contributed by atoms with E-state index in [0.29, 0.717) is 5.56 Å². The molecule has 5 nitrogen and oxygen atoms in total. The second kappa shape index (κ2) is 6.90. The minimum Gasteiger partial charge on any atom is -0.351 e. The first kappa shape index (κ1) is 17.4. The Hall–Kier alpha value is -1.61. The van der Waals surface area contributed by atoms with E-state index in [0.717, 1.165) is 6.26 Å². The molecular formula is C12H15F3N2O3S. The normalized spacial score (nSPS) is 12.2. The van der Waals surface area contributed by atoms with Gasteiger partial charge in [-0.2, -0.15) is 13.2 Å². The SMILES string of the molecule is CS(=O)(=O)c1ccc(CNC(=O)CNCC(F)(F)F)cc1. The number of amides is 1. The summed E-state index contributed by atoms with van der Waals surface area (Å²) >= 11 is 0. The molecule has 0 heterocycles. The fraction of sp³-hybridized carbons (Fsp3) is 0.417. The largest absolute Gasteiger partial charge is 0.401 e. The highest BCUT2D eigenvalue weighted by Gasteiger charge is 2.26. The van der Waals surface area contributed by atoms with Crippen molar-refractivity contribution in [2.24, 2.45) is 0 Å². The van der Waals surface area contributed by atoms with Crippen LogP contribution in [0.3, 0.4) is 0 Å². The van der Waals surface area contributed by atoms with E-state index in [9.17, 15) is 26.4 Å². The first-order valence-electron chi connectivity index (χ1n) is 5.91. The maximum absolute atomic E-state index is 11.8. The minimum absolute atomic E-state index is 0.108. The molecule has 0 atom stereocenters. The number of hydrogen-bond acceptors (Lipinski definition) is 4. The van der Waals surface area contributed by atoms with E-state index >= 15 is 0 Å². The molecule has 1 amide bonds. The molecule has 1 aromatic carbocycles. The summed E-state index contributed by atoms with van der Waals surface area (Å²) in [5.41, 5.74) is 0.645. The zero-order chi connectivity index (χ0) is 16.1. The smallest absolute Gasteiger partial charge is 0.351 e. The summed E-state index contributed by atoms with van der Waals surface area (Å²) in [5, 5.41) is 4.40. The van der Waals surface area contributed by atoms with Crippen LogP contribution in [0.5, 0.6) is 0 Å². The predicted octanol–water partition coefficient (Wildman–Crippen LogP) is 0.858. The van der Waals surface area contributed by atoms with Crippen molar-refractivity contribution < 1.29 is 26.4 Å². The fourth-order valence-corrected chi connectivity index (χ4v) is 2.07. The fourth-order valence-electron chi connectivity index (χ4n) is 1.44. The van der Waals surface area contributed by atoms with Crippen molar-refractivity contribution in [3.8, 4) is 0 Å². The van der Waals surface area contributed by atoms with Gasteiger partial charge in [0.1, 0.15) is 0 Å². The molecule has 0 aliphatic rings. The van der Waals surface area contributed by atoms with E-state index in [1.165, 1.54) is 24.3 Å². The van der Waals surface area contributed by atoms with Gasteiger partial charge in [0.25, 0.3) is 0 Å². The van der Waals surface area contributed by atoms with Crippen LogP contribution < -0.4 is 10.6 Å². The van der Waals surface area contributed by atoms with Gasteiger partial charge in [-0.3, -0.25) is 4.79 Å². The van der Waals surface area contributed by atoms with Crippen LogP contribution in [0.25, 0.3) is 0 Å². The Balaban J connectivity index is 2.40. The Morgan fingerprint density at radius 3 is 2.24 bits per heavy atom. The lowest BCUT2D eigenvalue weighted by Gasteiger charge is -2.09. The van der Waals surface area contributed by atoms with Gasteiger partial charge in [0.05, 0.1) is 18.0 Å². The Bertz CT molecular complexity index is 583. The molecule has 0 fully saturated rings. The van der Waals surface area contributed by atoms with E-state index in [1.807, 2.05) is 5.32 Å². The van der Waals surface area contributed by atoms with Crippen LogP contribution in [0.4, 0.5) is 13.2 Å². The highest BCUT2D eigenvalue weighted by Crippen LogP contribution is 2.12. The molecule has 0 aliphatic carbocycles. The lowest BCUT2D eigenvalue weighted by molar-refractivity contribution is -0.128. The second-order valence-corrected chi connectivity index (χ2v) is 6.43. The van der Waals surface area contributed by atoms with Crippen molar-refractivity contribution in [2.75, 3.05) is 19.3 Å². The number of halogens is 3. The molecule has 0 aliphatic heterocycles. The monoisotopic (exact) mass is 324 g/mol. The van der Waals surface area contributed by atoms with Crippen LogP contribution in [0.15, 0.2) is 29.2 Å².